The summed E-state index contributed by atoms with van der Waals surface area (Å²) in [6.07, 6.45) is 2.05. The van der Waals surface area contributed by atoms with Gasteiger partial charge in [-0.1, -0.05) is 18.2 Å². The predicted octanol–water partition coefficient (Wildman–Crippen LogP) is 3.07. The quantitative estimate of drug-likeness (QED) is 0.761. The lowest BCUT2D eigenvalue weighted by atomic mass is 10.1. The van der Waals surface area contributed by atoms with Crippen LogP contribution in [0.4, 0.5) is 5.69 Å². The normalized spacial score (nSPS) is 11.2. The zero-order valence-electron chi connectivity index (χ0n) is 8.79. The Bertz CT molecular complexity index is 366. The van der Waals surface area contributed by atoms with Crippen LogP contribution in [-0.2, 0) is 4.79 Å². The first-order valence-corrected chi connectivity index (χ1v) is 4.64. The molecule has 0 unspecified atom stereocenters. The molecule has 1 aromatic carbocycles. The number of carbonyl (C=O) groups excluding carboxylic acids is 1. The third-order valence-electron chi connectivity index (χ3n) is 2.07. The van der Waals surface area contributed by atoms with Gasteiger partial charge in [0.15, 0.2) is 0 Å². The first-order chi connectivity index (χ1) is 6.63. The number of rotatable bonds is 2. The van der Waals surface area contributed by atoms with Crippen molar-refractivity contribution in [2.24, 2.45) is 0 Å². The molecule has 0 bridgehead atoms. The number of hydrogen-bond donors (Lipinski definition) is 1. The van der Waals surface area contributed by atoms with E-state index in [1.54, 1.807) is 0 Å². The van der Waals surface area contributed by atoms with E-state index in [2.05, 4.69) is 5.32 Å². The van der Waals surface area contributed by atoms with E-state index < -0.39 is 0 Å². The van der Waals surface area contributed by atoms with Crippen molar-refractivity contribution in [1.82, 2.24) is 0 Å². The van der Waals surface area contributed by atoms with E-state index in [4.69, 9.17) is 0 Å². The molecule has 0 saturated heterocycles. The highest BCUT2D eigenvalue weighted by Crippen LogP contribution is 2.17. The van der Waals surface area contributed by atoms with Crippen molar-refractivity contribution < 1.29 is 4.79 Å². The lowest BCUT2D eigenvalue weighted by molar-refractivity contribution is -0.114. The Hall–Kier alpha value is -1.57. The number of carbonyl (C=O) groups is 1. The van der Waals surface area contributed by atoms with Gasteiger partial charge in [0, 0.05) is 12.6 Å². The van der Waals surface area contributed by atoms with E-state index in [1.807, 2.05) is 44.2 Å². The minimum absolute atomic E-state index is 0.0414. The highest BCUT2D eigenvalue weighted by atomic mass is 16.1. The van der Waals surface area contributed by atoms with Gasteiger partial charge >= 0.3 is 0 Å². The second kappa shape index (κ2) is 4.61. The van der Waals surface area contributed by atoms with Gasteiger partial charge in [-0.15, -0.1) is 0 Å². The second-order valence-electron chi connectivity index (χ2n) is 3.23. The molecule has 2 heteroatoms. The maximum absolute atomic E-state index is 10.8. The Morgan fingerprint density at radius 3 is 2.64 bits per heavy atom. The summed E-state index contributed by atoms with van der Waals surface area (Å²) >= 11 is 0. The van der Waals surface area contributed by atoms with Gasteiger partial charge in [-0.2, -0.15) is 0 Å². The summed E-state index contributed by atoms with van der Waals surface area (Å²) in [6, 6.07) is 7.82. The molecule has 1 amide bonds. The van der Waals surface area contributed by atoms with Crippen LogP contribution in [-0.4, -0.2) is 5.91 Å². The van der Waals surface area contributed by atoms with E-state index in [-0.39, 0.29) is 5.91 Å². The molecular weight excluding hydrogens is 174 g/mol. The summed E-state index contributed by atoms with van der Waals surface area (Å²) in [7, 11) is 0. The van der Waals surface area contributed by atoms with E-state index in [9.17, 15) is 4.79 Å². The first kappa shape index (κ1) is 10.5. The zero-order valence-corrected chi connectivity index (χ0v) is 8.79. The van der Waals surface area contributed by atoms with Crippen molar-refractivity contribution in [3.8, 4) is 0 Å². The topological polar surface area (TPSA) is 29.1 Å². The molecule has 0 aromatic heterocycles. The summed E-state index contributed by atoms with van der Waals surface area (Å²) in [5, 5.41) is 2.76. The molecule has 0 spiro atoms. The van der Waals surface area contributed by atoms with E-state index in [0.717, 1.165) is 11.3 Å². The number of amides is 1. The molecule has 1 rings (SSSR count). The van der Waals surface area contributed by atoms with Crippen LogP contribution in [0.1, 0.15) is 26.3 Å². The fraction of sp³-hybridized carbons (Fsp3) is 0.250. The number of allylic oxidation sites excluding steroid dienone is 2. The smallest absolute Gasteiger partial charge is 0.221 e. The summed E-state index contributed by atoms with van der Waals surface area (Å²) in [5.74, 6) is -0.0414. The molecule has 74 valence electrons. The van der Waals surface area contributed by atoms with Crippen LogP contribution in [0.2, 0.25) is 0 Å². The van der Waals surface area contributed by atoms with Crippen molar-refractivity contribution in [1.29, 1.82) is 0 Å². The molecule has 14 heavy (non-hydrogen) atoms. The molecule has 0 heterocycles. The third-order valence-corrected chi connectivity index (χ3v) is 2.07. The standard InChI is InChI=1S/C12H15NO/c1-4-9(2)11-6-5-7-12(8-11)13-10(3)14/h4-8H,1-3H3,(H,13,14). The highest BCUT2D eigenvalue weighted by molar-refractivity contribution is 5.89. The van der Waals surface area contributed by atoms with E-state index >= 15 is 0 Å². The lowest BCUT2D eigenvalue weighted by Crippen LogP contribution is -2.05. The maximum Gasteiger partial charge on any atom is 0.221 e. The molecule has 1 N–H and O–H groups in total. The molecule has 0 fully saturated rings. The fourth-order valence-corrected chi connectivity index (χ4v) is 1.21. The van der Waals surface area contributed by atoms with E-state index in [0.29, 0.717) is 0 Å². The summed E-state index contributed by atoms with van der Waals surface area (Å²) in [6.45, 7) is 5.56. The molecule has 0 aliphatic heterocycles. The number of anilines is 1. The first-order valence-electron chi connectivity index (χ1n) is 4.64. The molecule has 0 atom stereocenters. The zero-order chi connectivity index (χ0) is 10.6. The number of hydrogen-bond acceptors (Lipinski definition) is 1. The van der Waals surface area contributed by atoms with Crippen molar-refractivity contribution in [2.45, 2.75) is 20.8 Å². The Labute approximate surface area is 84.6 Å². The van der Waals surface area contributed by atoms with Crippen LogP contribution < -0.4 is 5.32 Å². The van der Waals surface area contributed by atoms with Crippen molar-refractivity contribution >= 4 is 17.2 Å². The van der Waals surface area contributed by atoms with Crippen LogP contribution in [0.5, 0.6) is 0 Å². The van der Waals surface area contributed by atoms with Crippen LogP contribution in [0.15, 0.2) is 30.3 Å². The van der Waals surface area contributed by atoms with Gasteiger partial charge in [0.25, 0.3) is 0 Å². The summed E-state index contributed by atoms with van der Waals surface area (Å²) in [5.41, 5.74) is 3.19. The van der Waals surface area contributed by atoms with Crippen LogP contribution in [0, 0.1) is 0 Å². The fourth-order valence-electron chi connectivity index (χ4n) is 1.21. The maximum atomic E-state index is 10.8. The third kappa shape index (κ3) is 2.73. The van der Waals surface area contributed by atoms with Gasteiger partial charge in [-0.3, -0.25) is 4.79 Å². The largest absolute Gasteiger partial charge is 0.326 e. The summed E-state index contributed by atoms with van der Waals surface area (Å²) in [4.78, 5) is 10.8. The monoisotopic (exact) mass is 189 g/mol. The molecule has 0 radical (unpaired) electrons. The van der Waals surface area contributed by atoms with Gasteiger partial charge < -0.3 is 5.32 Å². The SMILES string of the molecule is CC=C(C)c1cccc(NC(C)=O)c1. The lowest BCUT2D eigenvalue weighted by Gasteiger charge is -2.05. The average Bonchev–Trinajstić information content (AvgIpc) is 2.16. The minimum Gasteiger partial charge on any atom is -0.326 e. The predicted molar refractivity (Wildman–Crippen MR) is 60.1 cm³/mol. The van der Waals surface area contributed by atoms with Crippen LogP contribution >= 0.6 is 0 Å². The van der Waals surface area contributed by atoms with Gasteiger partial charge in [0.05, 0.1) is 0 Å². The van der Waals surface area contributed by atoms with Crippen LogP contribution in [0.25, 0.3) is 5.57 Å². The van der Waals surface area contributed by atoms with E-state index in [1.165, 1.54) is 12.5 Å². The molecular formula is C12H15NO. The Morgan fingerprint density at radius 1 is 1.36 bits per heavy atom. The van der Waals surface area contributed by atoms with Crippen molar-refractivity contribution in [2.75, 3.05) is 5.32 Å². The molecule has 1 aromatic rings. The summed E-state index contributed by atoms with van der Waals surface area (Å²) < 4.78 is 0. The molecule has 0 saturated carbocycles. The number of nitrogens with one attached hydrogen (secondary N) is 1. The second-order valence-corrected chi connectivity index (χ2v) is 3.23. The van der Waals surface area contributed by atoms with Gasteiger partial charge in [-0.05, 0) is 37.1 Å². The average molecular weight is 189 g/mol. The Kier molecular flexibility index (Phi) is 3.46. The van der Waals surface area contributed by atoms with Crippen molar-refractivity contribution in [3.05, 3.63) is 35.9 Å². The molecule has 2 nitrogen and oxygen atoms in total. The van der Waals surface area contributed by atoms with Gasteiger partial charge in [-0.25, -0.2) is 0 Å². The number of benzene rings is 1. The van der Waals surface area contributed by atoms with Crippen LogP contribution in [0.3, 0.4) is 0 Å². The highest BCUT2D eigenvalue weighted by Gasteiger charge is 1.98. The Morgan fingerprint density at radius 2 is 2.07 bits per heavy atom. The van der Waals surface area contributed by atoms with Gasteiger partial charge in [0.1, 0.15) is 0 Å². The van der Waals surface area contributed by atoms with Gasteiger partial charge in [0.2, 0.25) is 5.91 Å². The van der Waals surface area contributed by atoms with Crippen molar-refractivity contribution in [3.63, 3.8) is 0 Å². The molecule has 0 aliphatic carbocycles. The molecule has 0 aliphatic rings. The minimum atomic E-state index is -0.0414. The Balaban J connectivity index is 2.95.